The summed E-state index contributed by atoms with van der Waals surface area (Å²) in [6.07, 6.45) is 8.70. The van der Waals surface area contributed by atoms with E-state index in [9.17, 15) is 0 Å². The summed E-state index contributed by atoms with van der Waals surface area (Å²) >= 11 is 0. The van der Waals surface area contributed by atoms with Crippen LogP contribution in [-0.4, -0.2) is 0 Å². The molecule has 0 heterocycles. The van der Waals surface area contributed by atoms with Gasteiger partial charge in [-0.15, -0.1) is 0 Å². The van der Waals surface area contributed by atoms with Crippen LogP contribution in [0.25, 0.3) is 0 Å². The Hall–Kier alpha value is -7.56. The van der Waals surface area contributed by atoms with Gasteiger partial charge in [0.1, 0.15) is 0 Å². The number of anilines is 11. The number of hydrogen-bond acceptors (Lipinski definition) is 4. The first-order chi connectivity index (χ1) is 30.0. The van der Waals surface area contributed by atoms with Gasteiger partial charge in [-0.2, -0.15) is 0 Å². The van der Waals surface area contributed by atoms with Crippen molar-refractivity contribution in [2.75, 3.05) is 19.6 Å². The molecule has 0 atom stereocenters. The monoisotopic (exact) mass is 790 g/mol. The van der Waals surface area contributed by atoms with Gasteiger partial charge < -0.3 is 19.6 Å². The van der Waals surface area contributed by atoms with Gasteiger partial charge in [0.2, 0.25) is 0 Å². The predicted octanol–water partition coefficient (Wildman–Crippen LogP) is 16.4. The molecule has 0 fully saturated rings. The second-order valence-electron chi connectivity index (χ2n) is 15.7. The summed E-state index contributed by atoms with van der Waals surface area (Å²) < 4.78 is 0. The molecule has 0 spiro atoms. The highest BCUT2D eigenvalue weighted by Gasteiger charge is 2.20. The topological polar surface area (TPSA) is 13.0 Å². The van der Waals surface area contributed by atoms with Crippen LogP contribution < -0.4 is 19.6 Å². The fourth-order valence-electron chi connectivity index (χ4n) is 8.31. The summed E-state index contributed by atoms with van der Waals surface area (Å²) in [5.74, 6) is 0. The summed E-state index contributed by atoms with van der Waals surface area (Å²) in [6, 6.07) is 74.3. The molecule has 61 heavy (non-hydrogen) atoms. The van der Waals surface area contributed by atoms with Crippen molar-refractivity contribution in [3.63, 3.8) is 0 Å². The van der Waals surface area contributed by atoms with Crippen LogP contribution in [0.3, 0.4) is 0 Å². The van der Waals surface area contributed by atoms with Crippen LogP contribution in [-0.2, 0) is 0 Å². The number of nitrogens with zero attached hydrogens (tertiary/aromatic N) is 4. The maximum absolute atomic E-state index is 2.40. The number of para-hydroxylation sites is 2. The van der Waals surface area contributed by atoms with Gasteiger partial charge in [-0.05, 0) is 190 Å². The molecule has 4 nitrogen and oxygen atoms in total. The molecule has 0 aliphatic heterocycles. The molecular weight excluding hydrogens is 741 g/mol. The first-order valence-corrected chi connectivity index (χ1v) is 21.1. The number of rotatable bonds is 12. The Balaban J connectivity index is 1.13. The Bertz CT molecular complexity index is 2640. The van der Waals surface area contributed by atoms with Crippen molar-refractivity contribution >= 4 is 62.6 Å². The zero-order chi connectivity index (χ0) is 41.5. The Kier molecular flexibility index (Phi) is 11.3. The quantitative estimate of drug-likeness (QED) is 0.122. The van der Waals surface area contributed by atoms with Gasteiger partial charge in [-0.3, -0.25) is 0 Å². The summed E-state index contributed by atoms with van der Waals surface area (Å²) in [5.41, 5.74) is 17.1. The molecule has 0 amide bonds. The standard InChI is InChI=1S/C57H50N4/c1-43-16-13-25-55(40-43)59(46-19-7-4-8-20-46)52-34-28-49(29-35-52)58(50-30-36-53(37-31-50)60(47-21-9-5-10-22-47)56-26-14-17-44(2)41-56)51-32-38-54(39-33-51)61(48-23-11-6-12-24-48)57-27-15-18-45(3)42-57/h4-11,13-23,25-42H,12,24H2,1-3H3. The highest BCUT2D eigenvalue weighted by molar-refractivity contribution is 5.84. The van der Waals surface area contributed by atoms with Crippen LogP contribution in [0, 0.1) is 20.8 Å². The smallest absolute Gasteiger partial charge is 0.0464 e. The molecule has 4 heteroatoms. The van der Waals surface area contributed by atoms with Crippen LogP contribution in [0.5, 0.6) is 0 Å². The van der Waals surface area contributed by atoms with Gasteiger partial charge in [-0.25, -0.2) is 0 Å². The third-order valence-corrected chi connectivity index (χ3v) is 11.2. The average molecular weight is 791 g/mol. The highest BCUT2D eigenvalue weighted by atomic mass is 15.2. The van der Waals surface area contributed by atoms with Crippen molar-refractivity contribution in [3.05, 3.63) is 247 Å². The SMILES string of the molecule is Cc1cccc(N(C2=CC=CCC2)c2ccc(N(c3ccc(N(c4ccccc4)c4cccc(C)c4)cc3)c3ccc(N(c4ccccc4)c4cccc(C)c4)cc3)cc2)c1. The highest BCUT2D eigenvalue weighted by Crippen LogP contribution is 2.43. The molecule has 1 aliphatic rings. The summed E-state index contributed by atoms with van der Waals surface area (Å²) in [6.45, 7) is 6.45. The zero-order valence-corrected chi connectivity index (χ0v) is 35.1. The molecule has 0 saturated heterocycles. The molecule has 0 aromatic heterocycles. The molecule has 0 radical (unpaired) electrons. The van der Waals surface area contributed by atoms with Gasteiger partial charge in [0.05, 0.1) is 0 Å². The summed E-state index contributed by atoms with van der Waals surface area (Å²) in [4.78, 5) is 9.41. The maximum Gasteiger partial charge on any atom is 0.0464 e. The molecule has 9 rings (SSSR count). The third-order valence-electron chi connectivity index (χ3n) is 11.2. The van der Waals surface area contributed by atoms with Crippen LogP contribution in [0.15, 0.2) is 230 Å². The first kappa shape index (κ1) is 38.9. The molecule has 0 saturated carbocycles. The van der Waals surface area contributed by atoms with Gasteiger partial charge in [-0.1, -0.05) is 84.9 Å². The number of aryl methyl sites for hydroxylation is 3. The Morgan fingerprint density at radius 3 is 0.918 bits per heavy atom. The van der Waals surface area contributed by atoms with Crippen molar-refractivity contribution in [3.8, 4) is 0 Å². The van der Waals surface area contributed by atoms with Gasteiger partial charge in [0, 0.05) is 68.3 Å². The van der Waals surface area contributed by atoms with Crippen molar-refractivity contribution in [2.24, 2.45) is 0 Å². The summed E-state index contributed by atoms with van der Waals surface area (Å²) in [7, 11) is 0. The summed E-state index contributed by atoms with van der Waals surface area (Å²) in [5, 5.41) is 0. The largest absolute Gasteiger partial charge is 0.314 e. The number of benzene rings is 8. The minimum atomic E-state index is 0.988. The van der Waals surface area contributed by atoms with E-state index in [2.05, 4.69) is 265 Å². The molecule has 0 bridgehead atoms. The molecule has 298 valence electrons. The second-order valence-corrected chi connectivity index (χ2v) is 15.7. The van der Waals surface area contributed by atoms with E-state index in [4.69, 9.17) is 0 Å². The van der Waals surface area contributed by atoms with Crippen molar-refractivity contribution in [1.29, 1.82) is 0 Å². The second kappa shape index (κ2) is 17.7. The van der Waals surface area contributed by atoms with Crippen LogP contribution in [0.4, 0.5) is 62.6 Å². The van der Waals surface area contributed by atoms with Gasteiger partial charge in [0.25, 0.3) is 0 Å². The lowest BCUT2D eigenvalue weighted by Gasteiger charge is -2.31. The minimum absolute atomic E-state index is 0.988. The van der Waals surface area contributed by atoms with E-state index in [-0.39, 0.29) is 0 Å². The van der Waals surface area contributed by atoms with Gasteiger partial charge in [0.15, 0.2) is 0 Å². The third kappa shape index (κ3) is 8.62. The lowest BCUT2D eigenvalue weighted by atomic mass is 10.1. The normalized spacial score (nSPS) is 12.1. The average Bonchev–Trinajstić information content (AvgIpc) is 3.30. The molecular formula is C57H50N4. The molecule has 0 N–H and O–H groups in total. The number of allylic oxidation sites excluding steroid dienone is 4. The van der Waals surface area contributed by atoms with E-state index in [1.165, 1.54) is 28.1 Å². The minimum Gasteiger partial charge on any atom is -0.314 e. The van der Waals surface area contributed by atoms with E-state index in [1.807, 2.05) is 0 Å². The fraction of sp³-hybridized carbons (Fsp3) is 0.0877. The van der Waals surface area contributed by atoms with Crippen LogP contribution in [0.2, 0.25) is 0 Å². The Morgan fingerprint density at radius 1 is 0.295 bits per heavy atom. The van der Waals surface area contributed by atoms with Crippen LogP contribution >= 0.6 is 0 Å². The Labute approximate surface area is 361 Å². The molecule has 8 aromatic rings. The van der Waals surface area contributed by atoms with Crippen molar-refractivity contribution < 1.29 is 0 Å². The van der Waals surface area contributed by atoms with Crippen molar-refractivity contribution in [2.45, 2.75) is 33.6 Å². The number of hydrogen-bond donors (Lipinski definition) is 0. The molecule has 0 unspecified atom stereocenters. The van der Waals surface area contributed by atoms with Crippen molar-refractivity contribution in [1.82, 2.24) is 0 Å². The maximum atomic E-state index is 2.40. The Morgan fingerprint density at radius 2 is 0.590 bits per heavy atom. The van der Waals surface area contributed by atoms with Gasteiger partial charge >= 0.3 is 0 Å². The fourth-order valence-corrected chi connectivity index (χ4v) is 8.31. The van der Waals surface area contributed by atoms with E-state index in [0.717, 1.165) is 69.7 Å². The van der Waals surface area contributed by atoms with E-state index >= 15 is 0 Å². The van der Waals surface area contributed by atoms with E-state index in [0.29, 0.717) is 0 Å². The first-order valence-electron chi connectivity index (χ1n) is 21.1. The molecule has 8 aromatic carbocycles. The lowest BCUT2D eigenvalue weighted by molar-refractivity contribution is 0.917. The van der Waals surface area contributed by atoms with E-state index < -0.39 is 0 Å². The molecule has 1 aliphatic carbocycles. The zero-order valence-electron chi connectivity index (χ0n) is 35.1. The predicted molar refractivity (Wildman–Crippen MR) is 260 cm³/mol. The lowest BCUT2D eigenvalue weighted by Crippen LogP contribution is -2.18. The van der Waals surface area contributed by atoms with Crippen LogP contribution in [0.1, 0.15) is 29.5 Å². The van der Waals surface area contributed by atoms with E-state index in [1.54, 1.807) is 0 Å².